The zero-order chi connectivity index (χ0) is 35.1. The molecule has 0 N–H and O–H groups in total. The zero-order valence-electron chi connectivity index (χ0n) is 31.0. The van der Waals surface area contributed by atoms with Crippen molar-refractivity contribution < 1.29 is 24.5 Å². The Morgan fingerprint density at radius 1 is 0.940 bits per heavy atom. The number of imidazole rings is 1. The van der Waals surface area contributed by atoms with Crippen LogP contribution in [0.15, 0.2) is 83.4 Å². The molecule has 0 saturated carbocycles. The largest absolute Gasteiger partial charge is 0.486 e. The first-order chi connectivity index (χ1) is 23.3. The zero-order valence-corrected chi connectivity index (χ0v) is 34.4. The normalized spacial score (nSPS) is 12.0. The summed E-state index contributed by atoms with van der Waals surface area (Å²) >= 11 is 0. The Labute approximate surface area is 311 Å². The van der Waals surface area contributed by atoms with E-state index in [1.807, 2.05) is 42.5 Å². The number of pyridine rings is 2. The maximum Gasteiger partial charge on any atom is 0.216 e. The summed E-state index contributed by atoms with van der Waals surface area (Å²) in [5.74, 6) is 1.55. The predicted molar refractivity (Wildman–Crippen MR) is 208 cm³/mol. The Hall–Kier alpha value is -3.90. The first-order valence-corrected chi connectivity index (χ1v) is 20.9. The molecule has 0 amide bonds. The summed E-state index contributed by atoms with van der Waals surface area (Å²) in [5, 5.41) is 3.63. The number of nitrogens with zero attached hydrogens (tertiary/aromatic N) is 4. The molecule has 7 aromatic rings. The maximum atomic E-state index is 6.35. The molecule has 0 aliphatic heterocycles. The van der Waals surface area contributed by atoms with Gasteiger partial charge in [0.1, 0.15) is 0 Å². The summed E-state index contributed by atoms with van der Waals surface area (Å²) in [6.07, 6.45) is 3.24. The van der Waals surface area contributed by atoms with Crippen LogP contribution in [0.5, 0.6) is 0 Å². The smallest absolute Gasteiger partial charge is 0.216 e. The molecular weight excluding hydrogens is 809 g/mol. The second kappa shape index (κ2) is 14.8. The fraction of sp³-hybridized carbons (Fsp3) is 0.326. The van der Waals surface area contributed by atoms with Gasteiger partial charge in [-0.3, -0.25) is 4.98 Å². The molecule has 0 aliphatic carbocycles. The van der Waals surface area contributed by atoms with Crippen LogP contribution in [0.2, 0.25) is 19.6 Å². The van der Waals surface area contributed by atoms with Crippen LogP contribution in [-0.2, 0) is 38.5 Å². The maximum absolute atomic E-state index is 6.35. The van der Waals surface area contributed by atoms with E-state index in [1.54, 1.807) is 0 Å². The van der Waals surface area contributed by atoms with Crippen LogP contribution in [0.1, 0.15) is 58.4 Å². The SMILES string of the molecule is CC(C)Cc1cc(-c2[c-]cccc2)ncc1[Si](C)(C)C.CCn1c(-c2[c-]cc(C)c3c2oc2nc(C(C)(C)C)ccc23)nc2ccccc21.[Ir]. The molecule has 7 rings (SSSR count). The second-order valence-electron chi connectivity index (χ2n) is 15.5. The van der Waals surface area contributed by atoms with Crippen LogP contribution >= 0.6 is 0 Å². The number of fused-ring (bicyclic) bond motifs is 4. The monoisotopic (exact) mass is 857 g/mol. The van der Waals surface area contributed by atoms with Gasteiger partial charge in [0.05, 0.1) is 30.5 Å². The molecule has 4 aromatic heterocycles. The quantitative estimate of drug-likeness (QED) is 0.124. The van der Waals surface area contributed by atoms with E-state index in [-0.39, 0.29) is 25.5 Å². The number of hydrogen-bond acceptors (Lipinski definition) is 4. The van der Waals surface area contributed by atoms with Gasteiger partial charge in [-0.15, -0.1) is 53.6 Å². The molecule has 1 radical (unpaired) electrons. The van der Waals surface area contributed by atoms with E-state index in [2.05, 4.69) is 126 Å². The third kappa shape index (κ3) is 7.56. The molecule has 7 heteroatoms. The van der Waals surface area contributed by atoms with Crippen molar-refractivity contribution in [3.63, 3.8) is 0 Å². The minimum atomic E-state index is -1.34. The van der Waals surface area contributed by atoms with Crippen molar-refractivity contribution in [2.24, 2.45) is 5.92 Å². The summed E-state index contributed by atoms with van der Waals surface area (Å²) in [7, 11) is -1.34. The average Bonchev–Trinajstić information content (AvgIpc) is 3.63. The van der Waals surface area contributed by atoms with Crippen LogP contribution < -0.4 is 5.19 Å². The van der Waals surface area contributed by atoms with Gasteiger partial charge in [0.25, 0.3) is 0 Å². The van der Waals surface area contributed by atoms with Crippen molar-refractivity contribution in [1.29, 1.82) is 0 Å². The molecular formula is C43H48IrN4OSi-2. The molecule has 3 aromatic carbocycles. The molecule has 50 heavy (non-hydrogen) atoms. The Morgan fingerprint density at radius 2 is 1.68 bits per heavy atom. The van der Waals surface area contributed by atoms with Crippen molar-refractivity contribution >= 4 is 46.4 Å². The first kappa shape index (κ1) is 37.4. The number of aryl methyl sites for hydroxylation is 2. The molecule has 0 fully saturated rings. The van der Waals surface area contributed by atoms with Gasteiger partial charge in [0.15, 0.2) is 0 Å². The van der Waals surface area contributed by atoms with Gasteiger partial charge in [-0.1, -0.05) is 95.9 Å². The first-order valence-electron chi connectivity index (χ1n) is 17.4. The molecule has 0 aliphatic rings. The fourth-order valence-corrected chi connectivity index (χ4v) is 8.10. The number of furan rings is 1. The van der Waals surface area contributed by atoms with Gasteiger partial charge < -0.3 is 14.0 Å². The molecule has 261 valence electrons. The van der Waals surface area contributed by atoms with Crippen LogP contribution in [0.25, 0.3) is 55.7 Å². The molecule has 0 bridgehead atoms. The topological polar surface area (TPSA) is 56.7 Å². The molecule has 0 saturated heterocycles. The number of hydrogen-bond donors (Lipinski definition) is 0. The molecule has 0 spiro atoms. The molecule has 0 unspecified atom stereocenters. The Balaban J connectivity index is 0.000000204. The fourth-order valence-electron chi connectivity index (χ4n) is 6.52. The summed E-state index contributed by atoms with van der Waals surface area (Å²) in [4.78, 5) is 14.4. The second-order valence-corrected chi connectivity index (χ2v) is 20.5. The average molecular weight is 857 g/mol. The molecule has 4 heterocycles. The number of rotatable bonds is 6. The minimum absolute atomic E-state index is 0. The van der Waals surface area contributed by atoms with E-state index in [0.717, 1.165) is 74.3 Å². The van der Waals surface area contributed by atoms with Gasteiger partial charge in [0, 0.05) is 49.3 Å². The van der Waals surface area contributed by atoms with Crippen molar-refractivity contribution in [1.82, 2.24) is 19.5 Å². The number of benzene rings is 3. The van der Waals surface area contributed by atoms with Crippen molar-refractivity contribution in [2.75, 3.05) is 0 Å². The molecule has 0 atom stereocenters. The van der Waals surface area contributed by atoms with E-state index >= 15 is 0 Å². The van der Waals surface area contributed by atoms with Gasteiger partial charge in [0.2, 0.25) is 5.71 Å². The van der Waals surface area contributed by atoms with Crippen molar-refractivity contribution in [3.05, 3.63) is 108 Å². The van der Waals surface area contributed by atoms with Gasteiger partial charge in [-0.25, -0.2) is 4.98 Å². The predicted octanol–water partition coefficient (Wildman–Crippen LogP) is 10.7. The van der Waals surface area contributed by atoms with Gasteiger partial charge in [-0.05, 0) is 54.4 Å². The standard InChI is InChI=1S/C25H24N3O.C18H24NSi.Ir/c1-6-28-19-10-8-7-9-18(19)26-23(28)17-12-11-15(2)21-16-13-14-20(25(3,4)5)27-24(16)29-22(17)21;1-14(2)11-16-12-17(15-9-7-6-8-10-15)19-13-18(16)20(3,4)5;/h7-11,13-14H,6H2,1-5H3;6-9,12-14H,11H2,1-5H3;/q2*-1;. The third-order valence-corrected chi connectivity index (χ3v) is 11.0. The van der Waals surface area contributed by atoms with Crippen LogP contribution in [0, 0.1) is 25.0 Å². The van der Waals surface area contributed by atoms with E-state index in [1.165, 1.54) is 10.8 Å². The Morgan fingerprint density at radius 3 is 2.34 bits per heavy atom. The number of aromatic nitrogens is 4. The number of para-hydroxylation sites is 2. The minimum Gasteiger partial charge on any atom is -0.486 e. The van der Waals surface area contributed by atoms with E-state index in [9.17, 15) is 0 Å². The summed E-state index contributed by atoms with van der Waals surface area (Å²) < 4.78 is 8.57. The van der Waals surface area contributed by atoms with E-state index in [0.29, 0.717) is 11.6 Å². The van der Waals surface area contributed by atoms with E-state index in [4.69, 9.17) is 14.4 Å². The van der Waals surface area contributed by atoms with E-state index < -0.39 is 8.07 Å². The molecule has 5 nitrogen and oxygen atoms in total. The van der Waals surface area contributed by atoms with Gasteiger partial charge >= 0.3 is 0 Å². The van der Waals surface area contributed by atoms with Gasteiger partial charge in [-0.2, -0.15) is 0 Å². The van der Waals surface area contributed by atoms with Crippen molar-refractivity contribution in [2.45, 2.75) is 86.5 Å². The third-order valence-electron chi connectivity index (χ3n) is 8.98. The Bertz CT molecular complexity index is 2260. The summed E-state index contributed by atoms with van der Waals surface area (Å²) in [6.45, 7) is 23.3. The van der Waals surface area contributed by atoms with Crippen molar-refractivity contribution in [3.8, 4) is 22.6 Å². The van der Waals surface area contributed by atoms with Crippen LogP contribution in [0.3, 0.4) is 0 Å². The van der Waals surface area contributed by atoms with Crippen LogP contribution in [0.4, 0.5) is 0 Å². The van der Waals surface area contributed by atoms with Crippen LogP contribution in [-0.4, -0.2) is 27.6 Å². The Kier molecular flexibility index (Phi) is 11.0. The summed E-state index contributed by atoms with van der Waals surface area (Å²) in [6, 6.07) is 31.5. The summed E-state index contributed by atoms with van der Waals surface area (Å²) in [5.41, 5.74) is 10.2.